The van der Waals surface area contributed by atoms with Crippen LogP contribution in [0.5, 0.6) is 0 Å². The Labute approximate surface area is 193 Å². The number of carbonyl (C=O) groups is 3. The van der Waals surface area contributed by atoms with Gasteiger partial charge in [-0.05, 0) is 53.4 Å². The summed E-state index contributed by atoms with van der Waals surface area (Å²) in [6.45, 7) is 10.2. The van der Waals surface area contributed by atoms with Crippen LogP contribution in [0.2, 0.25) is 0 Å². The molecular formula is C24H44O8. The zero-order chi connectivity index (χ0) is 24.8. The molecule has 0 aliphatic heterocycles. The summed E-state index contributed by atoms with van der Waals surface area (Å²) in [4.78, 5) is 38.5. The van der Waals surface area contributed by atoms with E-state index in [4.69, 9.17) is 24.4 Å². The van der Waals surface area contributed by atoms with Gasteiger partial charge in [0.1, 0.15) is 13.2 Å². The van der Waals surface area contributed by atoms with Crippen LogP contribution in [0.1, 0.15) is 86.5 Å². The summed E-state index contributed by atoms with van der Waals surface area (Å²) in [6.07, 6.45) is 4.46. The molecule has 2 unspecified atom stereocenters. The average Bonchev–Trinajstić information content (AvgIpc) is 2.74. The third-order valence-corrected chi connectivity index (χ3v) is 5.81. The first-order chi connectivity index (χ1) is 14.9. The zero-order valence-electron chi connectivity index (χ0n) is 20.8. The predicted octanol–water partition coefficient (Wildman–Crippen LogP) is 3.41. The van der Waals surface area contributed by atoms with E-state index in [9.17, 15) is 14.4 Å². The Hall–Kier alpha value is -1.67. The molecule has 188 valence electrons. The molecule has 0 aromatic carbocycles. The summed E-state index contributed by atoms with van der Waals surface area (Å²) in [6, 6.07) is 0. The minimum absolute atomic E-state index is 0.0981. The summed E-state index contributed by atoms with van der Waals surface area (Å²) in [7, 11) is 0. The van der Waals surface area contributed by atoms with Gasteiger partial charge in [-0.15, -0.1) is 0 Å². The number of ether oxygens (including phenoxy) is 3. The fraction of sp³-hybridized carbons (Fsp3) is 0.875. The average molecular weight is 461 g/mol. The van der Waals surface area contributed by atoms with Gasteiger partial charge >= 0.3 is 17.9 Å². The maximum Gasteiger partial charge on any atom is 0.311 e. The highest BCUT2D eigenvalue weighted by Gasteiger charge is 2.49. The molecule has 0 spiro atoms. The van der Waals surface area contributed by atoms with E-state index in [0.29, 0.717) is 6.42 Å². The Bertz CT molecular complexity index is 589. The van der Waals surface area contributed by atoms with Crippen molar-refractivity contribution in [1.82, 2.24) is 0 Å². The Morgan fingerprint density at radius 2 is 1.16 bits per heavy atom. The number of esters is 3. The van der Waals surface area contributed by atoms with Gasteiger partial charge in [-0.1, -0.05) is 33.1 Å². The second-order valence-electron chi connectivity index (χ2n) is 9.63. The SMILES string of the molecule is CCCCCCOC(=O)C(C)(CC(C)(C)C(=O)OCCO)CC(C)(CC)C(=O)OCCO. The van der Waals surface area contributed by atoms with Crippen LogP contribution in [0.25, 0.3) is 0 Å². The molecular weight excluding hydrogens is 416 g/mol. The van der Waals surface area contributed by atoms with E-state index in [1.54, 1.807) is 27.7 Å². The summed E-state index contributed by atoms with van der Waals surface area (Å²) in [5.41, 5.74) is -3.21. The van der Waals surface area contributed by atoms with Crippen LogP contribution in [-0.2, 0) is 28.6 Å². The van der Waals surface area contributed by atoms with Crippen LogP contribution >= 0.6 is 0 Å². The number of hydrogen-bond donors (Lipinski definition) is 2. The Kier molecular flexibility index (Phi) is 13.7. The minimum atomic E-state index is -1.16. The van der Waals surface area contributed by atoms with Gasteiger partial charge in [0.2, 0.25) is 0 Å². The van der Waals surface area contributed by atoms with Crippen molar-refractivity contribution in [2.75, 3.05) is 33.0 Å². The lowest BCUT2D eigenvalue weighted by molar-refractivity contribution is -0.169. The highest BCUT2D eigenvalue weighted by molar-refractivity contribution is 5.82. The van der Waals surface area contributed by atoms with E-state index < -0.39 is 34.2 Å². The number of rotatable bonds is 17. The van der Waals surface area contributed by atoms with Crippen LogP contribution in [0.3, 0.4) is 0 Å². The van der Waals surface area contributed by atoms with E-state index in [1.807, 2.05) is 6.92 Å². The van der Waals surface area contributed by atoms with E-state index in [1.165, 1.54) is 0 Å². The molecule has 0 aromatic heterocycles. The van der Waals surface area contributed by atoms with Gasteiger partial charge in [0, 0.05) is 0 Å². The number of carbonyl (C=O) groups excluding carboxylic acids is 3. The van der Waals surface area contributed by atoms with Crippen LogP contribution in [-0.4, -0.2) is 61.2 Å². The van der Waals surface area contributed by atoms with Crippen molar-refractivity contribution in [2.24, 2.45) is 16.2 Å². The van der Waals surface area contributed by atoms with E-state index in [2.05, 4.69) is 6.92 Å². The topological polar surface area (TPSA) is 119 Å². The van der Waals surface area contributed by atoms with Crippen LogP contribution in [0.15, 0.2) is 0 Å². The monoisotopic (exact) mass is 460 g/mol. The largest absolute Gasteiger partial charge is 0.465 e. The van der Waals surface area contributed by atoms with Crippen molar-refractivity contribution in [1.29, 1.82) is 0 Å². The molecule has 8 nitrogen and oxygen atoms in total. The highest BCUT2D eigenvalue weighted by atomic mass is 16.5. The van der Waals surface area contributed by atoms with Gasteiger partial charge in [-0.3, -0.25) is 14.4 Å². The highest BCUT2D eigenvalue weighted by Crippen LogP contribution is 2.45. The minimum Gasteiger partial charge on any atom is -0.465 e. The second kappa shape index (κ2) is 14.5. The maximum atomic E-state index is 13.2. The number of aliphatic hydroxyl groups is 2. The molecule has 0 aliphatic rings. The Balaban J connectivity index is 5.72. The molecule has 8 heteroatoms. The van der Waals surface area contributed by atoms with Crippen LogP contribution in [0, 0.1) is 16.2 Å². The molecule has 0 bridgehead atoms. The molecule has 0 heterocycles. The number of hydrogen-bond acceptors (Lipinski definition) is 8. The van der Waals surface area contributed by atoms with Gasteiger partial charge in [0.05, 0.1) is 36.1 Å². The number of unbranched alkanes of at least 4 members (excludes halogenated alkanes) is 3. The quantitative estimate of drug-likeness (QED) is 0.192. The molecule has 0 saturated carbocycles. The van der Waals surface area contributed by atoms with Crippen molar-refractivity contribution in [3.63, 3.8) is 0 Å². The van der Waals surface area contributed by atoms with Gasteiger partial charge < -0.3 is 24.4 Å². The third kappa shape index (κ3) is 9.86. The first kappa shape index (κ1) is 30.3. The van der Waals surface area contributed by atoms with Crippen molar-refractivity contribution in [3.05, 3.63) is 0 Å². The first-order valence-corrected chi connectivity index (χ1v) is 11.7. The Morgan fingerprint density at radius 3 is 1.66 bits per heavy atom. The zero-order valence-corrected chi connectivity index (χ0v) is 20.8. The summed E-state index contributed by atoms with van der Waals surface area (Å²) in [5.74, 6) is -1.50. The fourth-order valence-electron chi connectivity index (χ4n) is 3.97. The number of aliphatic hydroxyl groups excluding tert-OH is 2. The summed E-state index contributed by atoms with van der Waals surface area (Å²) < 4.78 is 15.9. The van der Waals surface area contributed by atoms with Crippen molar-refractivity contribution < 1.29 is 38.8 Å². The molecule has 0 rings (SSSR count). The molecule has 0 saturated heterocycles. The third-order valence-electron chi connectivity index (χ3n) is 5.81. The first-order valence-electron chi connectivity index (χ1n) is 11.7. The molecule has 0 aliphatic carbocycles. The second-order valence-corrected chi connectivity index (χ2v) is 9.63. The molecule has 0 aromatic rings. The van der Waals surface area contributed by atoms with Crippen LogP contribution in [0.4, 0.5) is 0 Å². The predicted molar refractivity (Wildman–Crippen MR) is 121 cm³/mol. The lowest BCUT2D eigenvalue weighted by atomic mass is 9.65. The standard InChI is InChI=1S/C24H44O8/c1-7-9-10-11-14-30-21(29)24(6,17-22(3,4)19(27)31-15-12-25)18-23(5,8-2)20(28)32-16-13-26/h25-26H,7-18H2,1-6H3. The van der Waals surface area contributed by atoms with Gasteiger partial charge in [0.15, 0.2) is 0 Å². The van der Waals surface area contributed by atoms with Gasteiger partial charge in [0.25, 0.3) is 0 Å². The van der Waals surface area contributed by atoms with Gasteiger partial charge in [-0.25, -0.2) is 0 Å². The normalized spacial score (nSPS) is 15.4. The molecule has 0 radical (unpaired) electrons. The van der Waals surface area contributed by atoms with Crippen LogP contribution < -0.4 is 0 Å². The molecule has 0 amide bonds. The van der Waals surface area contributed by atoms with Crippen molar-refractivity contribution in [2.45, 2.75) is 86.5 Å². The fourth-order valence-corrected chi connectivity index (χ4v) is 3.97. The smallest absolute Gasteiger partial charge is 0.311 e. The molecule has 0 fully saturated rings. The molecule has 2 N–H and O–H groups in total. The Morgan fingerprint density at radius 1 is 0.656 bits per heavy atom. The van der Waals surface area contributed by atoms with E-state index >= 15 is 0 Å². The lowest BCUT2D eigenvalue weighted by Crippen LogP contribution is -2.44. The van der Waals surface area contributed by atoms with Crippen molar-refractivity contribution in [3.8, 4) is 0 Å². The summed E-state index contributed by atoms with van der Waals surface area (Å²) >= 11 is 0. The maximum absolute atomic E-state index is 13.2. The van der Waals surface area contributed by atoms with Gasteiger partial charge in [-0.2, -0.15) is 0 Å². The van der Waals surface area contributed by atoms with E-state index in [-0.39, 0.29) is 45.9 Å². The summed E-state index contributed by atoms with van der Waals surface area (Å²) in [5, 5.41) is 18.0. The molecule has 32 heavy (non-hydrogen) atoms. The van der Waals surface area contributed by atoms with E-state index in [0.717, 1.165) is 25.7 Å². The van der Waals surface area contributed by atoms with Crippen molar-refractivity contribution >= 4 is 17.9 Å². The lowest BCUT2D eigenvalue weighted by Gasteiger charge is -2.39. The molecule has 2 atom stereocenters.